The van der Waals surface area contributed by atoms with Crippen LogP contribution in [0, 0.1) is 6.92 Å². The van der Waals surface area contributed by atoms with Crippen molar-refractivity contribution in [3.8, 4) is 5.75 Å². The van der Waals surface area contributed by atoms with E-state index in [4.69, 9.17) is 16.3 Å². The molecule has 0 aliphatic heterocycles. The minimum Gasteiger partial charge on any atom is -0.497 e. The van der Waals surface area contributed by atoms with Gasteiger partial charge in [0, 0.05) is 15.2 Å². The molecule has 0 spiro atoms. The van der Waals surface area contributed by atoms with Gasteiger partial charge in [0.15, 0.2) is 0 Å². The molecule has 2 rings (SSSR count). The number of aryl methyl sites for hydroxylation is 1. The summed E-state index contributed by atoms with van der Waals surface area (Å²) in [7, 11) is 1.61. The summed E-state index contributed by atoms with van der Waals surface area (Å²) < 4.78 is 5.80. The summed E-state index contributed by atoms with van der Waals surface area (Å²) in [4.78, 5) is 12.2. The lowest BCUT2D eigenvalue weighted by atomic mass is 10.1. The molecule has 0 radical (unpaired) electrons. The van der Waals surface area contributed by atoms with Gasteiger partial charge in [0.05, 0.1) is 12.7 Å². The predicted octanol–water partition coefficient (Wildman–Crippen LogP) is 4.67. The van der Waals surface area contributed by atoms with Gasteiger partial charge in [-0.15, -0.1) is 0 Å². The quantitative estimate of drug-likeness (QED) is 0.869. The second kappa shape index (κ2) is 6.29. The van der Waals surface area contributed by atoms with Crippen LogP contribution in [0.2, 0.25) is 5.02 Å². The van der Waals surface area contributed by atoms with Crippen LogP contribution in [0.25, 0.3) is 0 Å². The van der Waals surface area contributed by atoms with Gasteiger partial charge >= 0.3 is 0 Å². The van der Waals surface area contributed by atoms with Gasteiger partial charge in [0.2, 0.25) is 0 Å². The maximum atomic E-state index is 12.2. The number of hydrogen-bond acceptors (Lipinski definition) is 2. The van der Waals surface area contributed by atoms with Crippen molar-refractivity contribution in [1.29, 1.82) is 0 Å². The van der Waals surface area contributed by atoms with Crippen LogP contribution in [0.5, 0.6) is 5.75 Å². The lowest BCUT2D eigenvalue weighted by Gasteiger charge is -2.11. The van der Waals surface area contributed by atoms with Crippen molar-refractivity contribution < 1.29 is 9.53 Å². The molecule has 1 amide bonds. The Balaban J connectivity index is 2.23. The zero-order valence-corrected chi connectivity index (χ0v) is 13.4. The minimum absolute atomic E-state index is 0.193. The first kappa shape index (κ1) is 14.9. The zero-order chi connectivity index (χ0) is 14.7. The van der Waals surface area contributed by atoms with Crippen LogP contribution in [0.3, 0.4) is 0 Å². The third kappa shape index (κ3) is 3.32. The number of methoxy groups -OCH3 is 1. The number of ether oxygens (including phenoxy) is 1. The molecule has 0 atom stereocenters. The van der Waals surface area contributed by atoms with Crippen LogP contribution >= 0.6 is 27.5 Å². The van der Waals surface area contributed by atoms with Gasteiger partial charge in [0.25, 0.3) is 5.91 Å². The summed E-state index contributed by atoms with van der Waals surface area (Å²) >= 11 is 9.20. The first-order valence-electron chi connectivity index (χ1n) is 5.92. The molecular formula is C15H13BrClNO2. The van der Waals surface area contributed by atoms with E-state index in [-0.39, 0.29) is 5.91 Å². The van der Waals surface area contributed by atoms with Crippen molar-refractivity contribution in [2.75, 3.05) is 12.4 Å². The molecule has 0 unspecified atom stereocenters. The molecule has 2 aromatic rings. The third-order valence-electron chi connectivity index (χ3n) is 2.86. The molecule has 0 saturated heterocycles. The Bertz CT molecular complexity index is 658. The van der Waals surface area contributed by atoms with Gasteiger partial charge in [-0.1, -0.05) is 11.6 Å². The van der Waals surface area contributed by atoms with Gasteiger partial charge in [-0.05, 0) is 64.8 Å². The lowest BCUT2D eigenvalue weighted by molar-refractivity contribution is 0.102. The number of benzene rings is 2. The van der Waals surface area contributed by atoms with E-state index in [0.29, 0.717) is 15.1 Å². The smallest absolute Gasteiger partial charge is 0.256 e. The summed E-state index contributed by atoms with van der Waals surface area (Å²) in [6.45, 7) is 1.91. The molecular weight excluding hydrogens is 342 g/mol. The highest BCUT2D eigenvalue weighted by molar-refractivity contribution is 9.10. The molecule has 0 aromatic heterocycles. The highest BCUT2D eigenvalue weighted by Gasteiger charge is 2.12. The molecule has 0 heterocycles. The summed E-state index contributed by atoms with van der Waals surface area (Å²) in [5, 5.41) is 3.45. The van der Waals surface area contributed by atoms with E-state index in [0.717, 1.165) is 17.0 Å². The van der Waals surface area contributed by atoms with Crippen molar-refractivity contribution >= 4 is 39.1 Å². The van der Waals surface area contributed by atoms with Crippen LogP contribution in [0.15, 0.2) is 40.9 Å². The summed E-state index contributed by atoms with van der Waals surface area (Å²) in [5.74, 6) is 0.565. The Hall–Kier alpha value is -1.52. The fraction of sp³-hybridized carbons (Fsp3) is 0.133. The molecule has 0 saturated carbocycles. The van der Waals surface area contributed by atoms with Crippen LogP contribution in [-0.4, -0.2) is 13.0 Å². The van der Waals surface area contributed by atoms with Crippen LogP contribution in [0.4, 0.5) is 5.69 Å². The van der Waals surface area contributed by atoms with Crippen LogP contribution in [-0.2, 0) is 0 Å². The van der Waals surface area contributed by atoms with Gasteiger partial charge < -0.3 is 10.1 Å². The van der Waals surface area contributed by atoms with Gasteiger partial charge in [-0.25, -0.2) is 0 Å². The number of rotatable bonds is 3. The molecule has 5 heteroatoms. The molecule has 0 fully saturated rings. The average Bonchev–Trinajstić information content (AvgIpc) is 2.40. The zero-order valence-electron chi connectivity index (χ0n) is 11.0. The van der Waals surface area contributed by atoms with E-state index in [2.05, 4.69) is 21.2 Å². The van der Waals surface area contributed by atoms with E-state index in [1.807, 2.05) is 19.1 Å². The number of carbonyl (C=O) groups is 1. The van der Waals surface area contributed by atoms with Gasteiger partial charge in [0.1, 0.15) is 5.75 Å². The van der Waals surface area contributed by atoms with Gasteiger partial charge in [-0.2, -0.15) is 0 Å². The van der Waals surface area contributed by atoms with E-state index < -0.39 is 0 Å². The number of amides is 1. The molecule has 0 bridgehead atoms. The van der Waals surface area contributed by atoms with Crippen molar-refractivity contribution in [2.24, 2.45) is 0 Å². The first-order valence-corrected chi connectivity index (χ1v) is 7.09. The third-order valence-corrected chi connectivity index (χ3v) is 3.75. The fourth-order valence-corrected chi connectivity index (χ4v) is 2.63. The minimum atomic E-state index is -0.193. The Morgan fingerprint density at radius 2 is 2.00 bits per heavy atom. The van der Waals surface area contributed by atoms with Crippen molar-refractivity contribution in [2.45, 2.75) is 6.92 Å². The van der Waals surface area contributed by atoms with E-state index in [1.165, 1.54) is 0 Å². The molecule has 1 N–H and O–H groups in total. The summed E-state index contributed by atoms with van der Waals surface area (Å²) in [5.41, 5.74) is 2.21. The predicted molar refractivity (Wildman–Crippen MR) is 84.8 cm³/mol. The monoisotopic (exact) mass is 353 g/mol. The number of nitrogens with one attached hydrogen (secondary N) is 1. The lowest BCUT2D eigenvalue weighted by Crippen LogP contribution is -2.13. The highest BCUT2D eigenvalue weighted by Crippen LogP contribution is 2.25. The van der Waals surface area contributed by atoms with Gasteiger partial charge in [-0.3, -0.25) is 4.79 Å². The van der Waals surface area contributed by atoms with E-state index in [1.54, 1.807) is 31.4 Å². The number of hydrogen-bond donors (Lipinski definition) is 1. The number of halogens is 2. The molecule has 104 valence electrons. The second-order valence-corrected chi connectivity index (χ2v) is 5.55. The molecule has 2 aromatic carbocycles. The molecule has 0 aliphatic rings. The normalized spacial score (nSPS) is 10.2. The fourth-order valence-electron chi connectivity index (χ4n) is 1.77. The Morgan fingerprint density at radius 1 is 1.25 bits per heavy atom. The van der Waals surface area contributed by atoms with Crippen LogP contribution < -0.4 is 10.1 Å². The van der Waals surface area contributed by atoms with Crippen molar-refractivity contribution in [3.05, 3.63) is 57.0 Å². The van der Waals surface area contributed by atoms with E-state index >= 15 is 0 Å². The maximum Gasteiger partial charge on any atom is 0.256 e. The Kier molecular flexibility index (Phi) is 4.68. The number of carbonyl (C=O) groups excluding carboxylic acids is 1. The average molecular weight is 355 g/mol. The SMILES string of the molecule is COc1ccc(NC(=O)c2ccc(Cl)cc2Br)c(C)c1. The standard InChI is InChI=1S/C15H13BrClNO2/c1-9-7-11(20-2)4-6-14(9)18-15(19)12-5-3-10(17)8-13(12)16/h3-8H,1-2H3,(H,18,19). The van der Waals surface area contributed by atoms with Crippen LogP contribution in [0.1, 0.15) is 15.9 Å². The van der Waals surface area contributed by atoms with Crippen molar-refractivity contribution in [3.63, 3.8) is 0 Å². The molecule has 20 heavy (non-hydrogen) atoms. The largest absolute Gasteiger partial charge is 0.497 e. The topological polar surface area (TPSA) is 38.3 Å². The molecule has 0 aliphatic carbocycles. The number of anilines is 1. The first-order chi connectivity index (χ1) is 9.51. The second-order valence-electron chi connectivity index (χ2n) is 4.26. The maximum absolute atomic E-state index is 12.2. The highest BCUT2D eigenvalue weighted by atomic mass is 79.9. The Morgan fingerprint density at radius 3 is 2.60 bits per heavy atom. The summed E-state index contributed by atoms with van der Waals surface area (Å²) in [6, 6.07) is 10.5. The Labute approximate surface area is 131 Å². The van der Waals surface area contributed by atoms with E-state index in [9.17, 15) is 4.79 Å². The summed E-state index contributed by atoms with van der Waals surface area (Å²) in [6.07, 6.45) is 0. The molecule has 3 nitrogen and oxygen atoms in total. The van der Waals surface area contributed by atoms with Crippen molar-refractivity contribution in [1.82, 2.24) is 0 Å².